The molecule has 0 aromatic heterocycles. The quantitative estimate of drug-likeness (QED) is 0.861. The van der Waals surface area contributed by atoms with Gasteiger partial charge in [-0.1, -0.05) is 26.0 Å². The van der Waals surface area contributed by atoms with Crippen LogP contribution in [0.15, 0.2) is 24.3 Å². The van der Waals surface area contributed by atoms with Gasteiger partial charge in [-0.15, -0.1) is 0 Å². The Kier molecular flexibility index (Phi) is 4.51. The molecule has 2 nitrogen and oxygen atoms in total. The zero-order chi connectivity index (χ0) is 13.9. The number of hydrogen-bond donors (Lipinski definition) is 1. The molecule has 1 aliphatic heterocycles. The number of nitrogens with one attached hydrogen (secondary N) is 1. The summed E-state index contributed by atoms with van der Waals surface area (Å²) in [6.07, 6.45) is 3.96. The predicted molar refractivity (Wildman–Crippen MR) is 80.6 cm³/mol. The van der Waals surface area contributed by atoms with E-state index in [1.807, 2.05) is 0 Å². The Labute approximate surface area is 117 Å². The monoisotopic (exact) mass is 261 g/mol. The maximum atomic E-state index is 5.73. The first-order chi connectivity index (χ1) is 9.02. The summed E-state index contributed by atoms with van der Waals surface area (Å²) in [5.41, 5.74) is 1.60. The molecule has 1 aromatic rings. The molecule has 0 radical (unpaired) electrons. The standard InChI is InChI=1S/C17H27NO/c1-13(2)12-17(10-5-11-18-17)15-6-8-16(9-7-15)19-14(3)4/h6-9,13-14,18H,5,10-12H2,1-4H3. The molecule has 106 valence electrons. The summed E-state index contributed by atoms with van der Waals surface area (Å²) in [6.45, 7) is 9.87. The molecule has 1 unspecified atom stereocenters. The van der Waals surface area contributed by atoms with E-state index in [2.05, 4.69) is 57.3 Å². The van der Waals surface area contributed by atoms with Crippen LogP contribution in [0, 0.1) is 5.92 Å². The summed E-state index contributed by atoms with van der Waals surface area (Å²) in [5, 5.41) is 3.74. The maximum absolute atomic E-state index is 5.73. The third-order valence-electron chi connectivity index (χ3n) is 3.78. The minimum atomic E-state index is 0.185. The van der Waals surface area contributed by atoms with Crippen LogP contribution in [0.1, 0.15) is 52.5 Å². The van der Waals surface area contributed by atoms with E-state index in [1.54, 1.807) is 0 Å². The molecule has 1 atom stereocenters. The Morgan fingerprint density at radius 1 is 1.16 bits per heavy atom. The van der Waals surface area contributed by atoms with Gasteiger partial charge in [-0.3, -0.25) is 0 Å². The lowest BCUT2D eigenvalue weighted by Crippen LogP contribution is -2.38. The van der Waals surface area contributed by atoms with Gasteiger partial charge in [0.25, 0.3) is 0 Å². The van der Waals surface area contributed by atoms with Gasteiger partial charge in [0, 0.05) is 5.54 Å². The van der Waals surface area contributed by atoms with Crippen molar-refractivity contribution in [3.05, 3.63) is 29.8 Å². The Bertz CT molecular complexity index is 388. The molecule has 1 fully saturated rings. The summed E-state index contributed by atoms with van der Waals surface area (Å²) in [6, 6.07) is 8.69. The molecule has 2 rings (SSSR count). The average Bonchev–Trinajstić information content (AvgIpc) is 2.78. The molecular formula is C17H27NO. The van der Waals surface area contributed by atoms with E-state index < -0.39 is 0 Å². The molecule has 1 N–H and O–H groups in total. The van der Waals surface area contributed by atoms with Crippen molar-refractivity contribution in [1.29, 1.82) is 0 Å². The minimum absolute atomic E-state index is 0.185. The Balaban J connectivity index is 2.18. The highest BCUT2D eigenvalue weighted by molar-refractivity contribution is 5.33. The molecule has 1 saturated heterocycles. The smallest absolute Gasteiger partial charge is 0.119 e. The van der Waals surface area contributed by atoms with Crippen LogP contribution in [0.5, 0.6) is 5.75 Å². The molecule has 0 saturated carbocycles. The van der Waals surface area contributed by atoms with Crippen LogP contribution in [-0.4, -0.2) is 12.6 Å². The topological polar surface area (TPSA) is 21.3 Å². The van der Waals surface area contributed by atoms with Gasteiger partial charge in [0.1, 0.15) is 5.75 Å². The number of ether oxygens (including phenoxy) is 1. The fourth-order valence-electron chi connectivity index (χ4n) is 3.17. The van der Waals surface area contributed by atoms with Gasteiger partial charge < -0.3 is 10.1 Å². The van der Waals surface area contributed by atoms with Crippen molar-refractivity contribution in [2.45, 2.75) is 58.6 Å². The lowest BCUT2D eigenvalue weighted by molar-refractivity contribution is 0.242. The van der Waals surface area contributed by atoms with Crippen LogP contribution in [0.4, 0.5) is 0 Å². The van der Waals surface area contributed by atoms with E-state index >= 15 is 0 Å². The van der Waals surface area contributed by atoms with Gasteiger partial charge in [0.15, 0.2) is 0 Å². The second kappa shape index (κ2) is 5.96. The zero-order valence-corrected chi connectivity index (χ0v) is 12.7. The Morgan fingerprint density at radius 3 is 2.32 bits per heavy atom. The highest BCUT2D eigenvalue weighted by Gasteiger charge is 2.35. The fraction of sp³-hybridized carbons (Fsp3) is 0.647. The first-order valence-electron chi connectivity index (χ1n) is 7.54. The molecular weight excluding hydrogens is 234 g/mol. The molecule has 1 aromatic carbocycles. The third kappa shape index (κ3) is 3.50. The van der Waals surface area contributed by atoms with Gasteiger partial charge in [-0.2, -0.15) is 0 Å². The van der Waals surface area contributed by atoms with Crippen molar-refractivity contribution in [2.24, 2.45) is 5.92 Å². The second-order valence-electron chi connectivity index (χ2n) is 6.40. The van der Waals surface area contributed by atoms with Crippen molar-refractivity contribution in [2.75, 3.05) is 6.54 Å². The van der Waals surface area contributed by atoms with Crippen LogP contribution in [-0.2, 0) is 5.54 Å². The molecule has 1 aliphatic rings. The lowest BCUT2D eigenvalue weighted by Gasteiger charge is -2.32. The SMILES string of the molecule is CC(C)CC1(c2ccc(OC(C)C)cc2)CCCN1. The van der Waals surface area contributed by atoms with E-state index in [0.29, 0.717) is 5.92 Å². The maximum Gasteiger partial charge on any atom is 0.119 e. The van der Waals surface area contributed by atoms with Gasteiger partial charge in [0.2, 0.25) is 0 Å². The minimum Gasteiger partial charge on any atom is -0.491 e. The highest BCUT2D eigenvalue weighted by Crippen LogP contribution is 2.37. The molecule has 2 heteroatoms. The second-order valence-corrected chi connectivity index (χ2v) is 6.40. The number of benzene rings is 1. The Hall–Kier alpha value is -1.02. The summed E-state index contributed by atoms with van der Waals surface area (Å²) in [7, 11) is 0. The molecule has 19 heavy (non-hydrogen) atoms. The van der Waals surface area contributed by atoms with Crippen molar-refractivity contribution in [1.82, 2.24) is 5.32 Å². The van der Waals surface area contributed by atoms with Gasteiger partial charge in [0.05, 0.1) is 6.10 Å². The predicted octanol–water partition coefficient (Wildman–Crippen LogP) is 4.10. The summed E-state index contributed by atoms with van der Waals surface area (Å²) < 4.78 is 5.73. The van der Waals surface area contributed by atoms with E-state index in [-0.39, 0.29) is 11.6 Å². The van der Waals surface area contributed by atoms with E-state index in [1.165, 1.54) is 24.8 Å². The van der Waals surface area contributed by atoms with Crippen molar-refractivity contribution < 1.29 is 4.74 Å². The number of rotatable bonds is 5. The Morgan fingerprint density at radius 2 is 1.84 bits per heavy atom. The van der Waals surface area contributed by atoms with Gasteiger partial charge >= 0.3 is 0 Å². The van der Waals surface area contributed by atoms with Crippen LogP contribution >= 0.6 is 0 Å². The highest BCUT2D eigenvalue weighted by atomic mass is 16.5. The normalized spacial score (nSPS) is 23.3. The lowest BCUT2D eigenvalue weighted by atomic mass is 9.81. The molecule has 0 spiro atoms. The average molecular weight is 261 g/mol. The summed E-state index contributed by atoms with van der Waals surface area (Å²) >= 11 is 0. The van der Waals surface area contributed by atoms with Crippen LogP contribution in [0.3, 0.4) is 0 Å². The first kappa shape index (κ1) is 14.4. The van der Waals surface area contributed by atoms with Crippen molar-refractivity contribution in [3.63, 3.8) is 0 Å². The summed E-state index contributed by atoms with van der Waals surface area (Å²) in [4.78, 5) is 0. The fourth-order valence-corrected chi connectivity index (χ4v) is 3.17. The van der Waals surface area contributed by atoms with Crippen molar-refractivity contribution >= 4 is 0 Å². The zero-order valence-electron chi connectivity index (χ0n) is 12.7. The van der Waals surface area contributed by atoms with Crippen LogP contribution < -0.4 is 10.1 Å². The number of hydrogen-bond acceptors (Lipinski definition) is 2. The molecule has 0 aliphatic carbocycles. The summed E-state index contributed by atoms with van der Waals surface area (Å²) in [5.74, 6) is 1.67. The molecule has 1 heterocycles. The van der Waals surface area contributed by atoms with E-state index in [0.717, 1.165) is 12.3 Å². The molecule has 0 bridgehead atoms. The largest absolute Gasteiger partial charge is 0.491 e. The van der Waals surface area contributed by atoms with Crippen LogP contribution in [0.2, 0.25) is 0 Å². The van der Waals surface area contributed by atoms with Crippen LogP contribution in [0.25, 0.3) is 0 Å². The van der Waals surface area contributed by atoms with E-state index in [9.17, 15) is 0 Å². The van der Waals surface area contributed by atoms with Crippen molar-refractivity contribution in [3.8, 4) is 5.75 Å². The van der Waals surface area contributed by atoms with Gasteiger partial charge in [-0.25, -0.2) is 0 Å². The first-order valence-corrected chi connectivity index (χ1v) is 7.54. The molecule has 0 amide bonds. The van der Waals surface area contributed by atoms with E-state index in [4.69, 9.17) is 4.74 Å². The third-order valence-corrected chi connectivity index (χ3v) is 3.78. The van der Waals surface area contributed by atoms with Gasteiger partial charge in [-0.05, 0) is 63.3 Å².